The third-order valence-electron chi connectivity index (χ3n) is 4.91. The summed E-state index contributed by atoms with van der Waals surface area (Å²) < 4.78 is 0. The normalized spacial score (nSPS) is 15.7. The van der Waals surface area contributed by atoms with Crippen LogP contribution in [0.1, 0.15) is 9.75 Å². The molecule has 0 bridgehead atoms. The molecule has 0 radical (unpaired) electrons. The molecule has 0 aliphatic carbocycles. The molecule has 0 saturated heterocycles. The number of hydrogen-bond acceptors (Lipinski definition) is 6. The molecule has 0 saturated carbocycles. The Bertz CT molecular complexity index is 1260. The lowest BCUT2D eigenvalue weighted by atomic mass is 10.1. The molecule has 2 aliphatic heterocycles. The number of thiophene rings is 4. The quantitative estimate of drug-likeness (QED) is 0.410. The van der Waals surface area contributed by atoms with Gasteiger partial charge in [0.15, 0.2) is 0 Å². The summed E-state index contributed by atoms with van der Waals surface area (Å²) in [5.74, 6) is -0.462. The van der Waals surface area contributed by atoms with E-state index in [1.807, 2.05) is 47.2 Å². The van der Waals surface area contributed by atoms with Crippen molar-refractivity contribution >= 4 is 68.6 Å². The van der Waals surface area contributed by atoms with Gasteiger partial charge < -0.3 is 10.6 Å². The maximum atomic E-state index is 12.9. The van der Waals surface area contributed by atoms with Gasteiger partial charge in [-0.25, -0.2) is 0 Å². The first kappa shape index (κ1) is 18.0. The van der Waals surface area contributed by atoms with Crippen molar-refractivity contribution in [2.75, 3.05) is 0 Å². The predicted molar refractivity (Wildman–Crippen MR) is 125 cm³/mol. The van der Waals surface area contributed by atoms with Gasteiger partial charge in [-0.3, -0.25) is 9.59 Å². The van der Waals surface area contributed by atoms with E-state index in [1.165, 1.54) is 9.75 Å². The van der Waals surface area contributed by atoms with Crippen molar-refractivity contribution in [2.24, 2.45) is 0 Å². The number of carbonyl (C=O) groups is 2. The van der Waals surface area contributed by atoms with Gasteiger partial charge in [0.2, 0.25) is 0 Å². The molecule has 4 aromatic rings. The topological polar surface area (TPSA) is 58.2 Å². The van der Waals surface area contributed by atoms with E-state index < -0.39 is 0 Å². The van der Waals surface area contributed by atoms with Gasteiger partial charge in [-0.2, -0.15) is 0 Å². The van der Waals surface area contributed by atoms with Crippen molar-refractivity contribution in [3.63, 3.8) is 0 Å². The molecule has 0 aromatic carbocycles. The molecule has 0 fully saturated rings. The Morgan fingerprint density at radius 1 is 0.533 bits per heavy atom. The average molecular weight is 465 g/mol. The second kappa shape index (κ2) is 6.88. The SMILES string of the molecule is O=C1NC(c2ccc(-c3cccs3)s2)=C2C(=O)NC(c3ccc(-c4cccs4)s3)=C12. The van der Waals surface area contributed by atoms with E-state index in [0.29, 0.717) is 22.5 Å². The fraction of sp³-hybridized carbons (Fsp3) is 0. The number of carbonyl (C=O) groups excluding carboxylic acids is 2. The van der Waals surface area contributed by atoms with Crippen LogP contribution in [0.15, 0.2) is 70.4 Å². The Balaban J connectivity index is 1.43. The molecule has 30 heavy (non-hydrogen) atoms. The maximum Gasteiger partial charge on any atom is 0.258 e. The second-order valence-corrected chi connectivity index (χ2v) is 10.8. The first-order chi connectivity index (χ1) is 14.7. The van der Waals surface area contributed by atoms with Crippen LogP contribution in [0.25, 0.3) is 30.9 Å². The van der Waals surface area contributed by atoms with Gasteiger partial charge >= 0.3 is 0 Å². The number of hydrogen-bond donors (Lipinski definition) is 2. The molecule has 6 rings (SSSR count). The van der Waals surface area contributed by atoms with Gasteiger partial charge in [0.05, 0.1) is 32.3 Å². The molecule has 0 atom stereocenters. The molecule has 0 spiro atoms. The van der Waals surface area contributed by atoms with Gasteiger partial charge in [-0.15, -0.1) is 45.3 Å². The van der Waals surface area contributed by atoms with Gasteiger partial charge in [0.1, 0.15) is 0 Å². The Morgan fingerprint density at radius 2 is 0.967 bits per heavy atom. The van der Waals surface area contributed by atoms with E-state index in [2.05, 4.69) is 22.8 Å². The highest BCUT2D eigenvalue weighted by Gasteiger charge is 2.41. The molecular weight excluding hydrogens is 453 g/mol. The van der Waals surface area contributed by atoms with Crippen LogP contribution in [-0.2, 0) is 9.59 Å². The summed E-state index contributed by atoms with van der Waals surface area (Å²) in [6.45, 7) is 0. The molecule has 4 nitrogen and oxygen atoms in total. The van der Waals surface area contributed by atoms with Crippen LogP contribution in [0.3, 0.4) is 0 Å². The lowest BCUT2D eigenvalue weighted by Gasteiger charge is -2.04. The summed E-state index contributed by atoms with van der Waals surface area (Å²) in [6, 6.07) is 16.2. The lowest BCUT2D eigenvalue weighted by molar-refractivity contribution is -0.117. The molecule has 0 unspecified atom stereocenters. The Morgan fingerprint density at radius 3 is 1.37 bits per heavy atom. The van der Waals surface area contributed by atoms with Crippen LogP contribution in [0.5, 0.6) is 0 Å². The summed E-state index contributed by atoms with van der Waals surface area (Å²) in [7, 11) is 0. The predicted octanol–water partition coefficient (Wildman–Crippen LogP) is 5.65. The number of fused-ring (bicyclic) bond motifs is 1. The van der Waals surface area contributed by atoms with Crippen molar-refractivity contribution in [2.45, 2.75) is 0 Å². The van der Waals surface area contributed by atoms with E-state index in [-0.39, 0.29) is 11.8 Å². The molecule has 8 heteroatoms. The third-order valence-corrected chi connectivity index (χ3v) is 9.25. The fourth-order valence-electron chi connectivity index (χ4n) is 3.60. The van der Waals surface area contributed by atoms with Crippen molar-refractivity contribution in [1.29, 1.82) is 0 Å². The largest absolute Gasteiger partial charge is 0.320 e. The van der Waals surface area contributed by atoms with E-state index in [9.17, 15) is 9.59 Å². The van der Waals surface area contributed by atoms with E-state index >= 15 is 0 Å². The standard InChI is InChI=1S/C22H12N2O2S4/c25-21-17-18(20(24-21)16-8-6-14(30-16)12-4-2-10-28-12)22(26)23-19(17)15-7-5-13(29-15)11-3-1-9-27-11/h1-10H,(H,23,26)(H,24,25). The van der Waals surface area contributed by atoms with Gasteiger partial charge in [-0.05, 0) is 47.2 Å². The number of nitrogens with one attached hydrogen (secondary N) is 2. The highest BCUT2D eigenvalue weighted by Crippen LogP contribution is 2.43. The zero-order valence-corrected chi connectivity index (χ0v) is 18.5. The molecule has 2 N–H and O–H groups in total. The number of rotatable bonds is 4. The minimum atomic E-state index is -0.231. The highest BCUT2D eigenvalue weighted by molar-refractivity contribution is 7.22. The highest BCUT2D eigenvalue weighted by atomic mass is 32.1. The van der Waals surface area contributed by atoms with Crippen LogP contribution < -0.4 is 10.6 Å². The van der Waals surface area contributed by atoms with E-state index in [4.69, 9.17) is 0 Å². The fourth-order valence-corrected chi connectivity index (χ4v) is 7.29. The minimum absolute atomic E-state index is 0.231. The van der Waals surface area contributed by atoms with Gasteiger partial charge in [-0.1, -0.05) is 12.1 Å². The Hall–Kier alpha value is -2.78. The van der Waals surface area contributed by atoms with Gasteiger partial charge in [0, 0.05) is 19.5 Å². The van der Waals surface area contributed by atoms with Gasteiger partial charge in [0.25, 0.3) is 11.8 Å². The third kappa shape index (κ3) is 2.76. The zero-order chi connectivity index (χ0) is 20.2. The molecule has 4 aromatic heterocycles. The Kier molecular flexibility index (Phi) is 4.14. The minimum Gasteiger partial charge on any atom is -0.320 e. The van der Waals surface area contributed by atoms with Crippen molar-refractivity contribution in [3.8, 4) is 19.5 Å². The summed E-state index contributed by atoms with van der Waals surface area (Å²) in [5.41, 5.74) is 2.09. The molecule has 6 heterocycles. The molecule has 146 valence electrons. The molecule has 2 aliphatic rings. The monoisotopic (exact) mass is 464 g/mol. The van der Waals surface area contributed by atoms with Crippen molar-refractivity contribution in [3.05, 3.63) is 80.2 Å². The summed E-state index contributed by atoms with van der Waals surface area (Å²) in [4.78, 5) is 32.1. The maximum absolute atomic E-state index is 12.9. The van der Waals surface area contributed by atoms with E-state index in [0.717, 1.165) is 19.5 Å². The second-order valence-electron chi connectivity index (χ2n) is 6.69. The summed E-state index contributed by atoms with van der Waals surface area (Å²) in [5, 5.41) is 9.95. The molecule has 2 amide bonds. The van der Waals surface area contributed by atoms with Crippen LogP contribution in [0.4, 0.5) is 0 Å². The zero-order valence-electron chi connectivity index (χ0n) is 15.2. The van der Waals surface area contributed by atoms with Crippen LogP contribution in [-0.4, -0.2) is 11.8 Å². The smallest absolute Gasteiger partial charge is 0.258 e. The van der Waals surface area contributed by atoms with Crippen LogP contribution >= 0.6 is 45.3 Å². The molecular formula is C22H12N2O2S4. The average Bonchev–Trinajstić information content (AvgIpc) is 3.54. The first-order valence-corrected chi connectivity index (χ1v) is 12.5. The summed E-state index contributed by atoms with van der Waals surface area (Å²) in [6.07, 6.45) is 0. The van der Waals surface area contributed by atoms with Crippen LogP contribution in [0, 0.1) is 0 Å². The number of amides is 2. The summed E-state index contributed by atoms with van der Waals surface area (Å²) >= 11 is 6.50. The first-order valence-electron chi connectivity index (χ1n) is 9.09. The lowest BCUT2D eigenvalue weighted by Crippen LogP contribution is -2.20. The van der Waals surface area contributed by atoms with Crippen molar-refractivity contribution in [1.82, 2.24) is 10.6 Å². The van der Waals surface area contributed by atoms with E-state index in [1.54, 1.807) is 45.3 Å². The van der Waals surface area contributed by atoms with Crippen molar-refractivity contribution < 1.29 is 9.59 Å². The van der Waals surface area contributed by atoms with Crippen LogP contribution in [0.2, 0.25) is 0 Å². The Labute approximate surface area is 187 Å².